The maximum Gasteiger partial charge on any atom is 0.191 e. The SMILES string of the molecule is CCNC(=NCc1ccc(C)cc1C)NCC(C)N1CCN(C)CC1. The van der Waals surface area contributed by atoms with E-state index in [-0.39, 0.29) is 0 Å². The van der Waals surface area contributed by atoms with Crippen molar-refractivity contribution in [3.05, 3.63) is 34.9 Å². The topological polar surface area (TPSA) is 42.9 Å². The van der Waals surface area contributed by atoms with Crippen LogP contribution in [0.15, 0.2) is 23.2 Å². The Labute approximate surface area is 153 Å². The van der Waals surface area contributed by atoms with Gasteiger partial charge in [-0.15, -0.1) is 0 Å². The molecule has 140 valence electrons. The molecule has 1 atom stereocenters. The summed E-state index contributed by atoms with van der Waals surface area (Å²) in [6.45, 7) is 15.8. The van der Waals surface area contributed by atoms with E-state index in [1.54, 1.807) is 0 Å². The third-order valence-corrected chi connectivity index (χ3v) is 4.98. The van der Waals surface area contributed by atoms with Crippen molar-refractivity contribution in [1.82, 2.24) is 20.4 Å². The Hall–Kier alpha value is -1.59. The van der Waals surface area contributed by atoms with Gasteiger partial charge in [-0.1, -0.05) is 23.8 Å². The number of piperazine rings is 1. The predicted molar refractivity (Wildman–Crippen MR) is 107 cm³/mol. The Morgan fingerprint density at radius 3 is 2.52 bits per heavy atom. The van der Waals surface area contributed by atoms with E-state index < -0.39 is 0 Å². The normalized spacial score (nSPS) is 18.2. The van der Waals surface area contributed by atoms with Crippen molar-refractivity contribution in [2.24, 2.45) is 4.99 Å². The van der Waals surface area contributed by atoms with E-state index >= 15 is 0 Å². The standard InChI is InChI=1S/C20H35N5/c1-6-21-20(23-15-19-8-7-16(2)13-17(19)3)22-14-18(4)25-11-9-24(5)10-12-25/h7-8,13,18H,6,9-12,14-15H2,1-5H3,(H2,21,22,23). The number of hydrogen-bond donors (Lipinski definition) is 2. The average Bonchev–Trinajstić information content (AvgIpc) is 2.59. The largest absolute Gasteiger partial charge is 0.357 e. The molecule has 5 heteroatoms. The maximum atomic E-state index is 4.77. The number of benzene rings is 1. The van der Waals surface area contributed by atoms with Crippen molar-refractivity contribution in [3.8, 4) is 0 Å². The molecule has 5 nitrogen and oxygen atoms in total. The van der Waals surface area contributed by atoms with E-state index in [1.807, 2.05) is 0 Å². The minimum atomic E-state index is 0.513. The summed E-state index contributed by atoms with van der Waals surface area (Å²) in [6, 6.07) is 7.08. The molecule has 1 aliphatic heterocycles. The highest BCUT2D eigenvalue weighted by molar-refractivity contribution is 5.79. The summed E-state index contributed by atoms with van der Waals surface area (Å²) in [5.74, 6) is 0.906. The molecule has 0 aromatic heterocycles. The van der Waals surface area contributed by atoms with E-state index in [0.717, 1.165) is 45.2 Å². The fourth-order valence-electron chi connectivity index (χ4n) is 3.17. The van der Waals surface area contributed by atoms with Crippen LogP contribution in [0.2, 0.25) is 0 Å². The van der Waals surface area contributed by atoms with E-state index in [1.165, 1.54) is 16.7 Å². The Balaban J connectivity index is 1.88. The van der Waals surface area contributed by atoms with Gasteiger partial charge < -0.3 is 15.5 Å². The second-order valence-electron chi connectivity index (χ2n) is 7.19. The van der Waals surface area contributed by atoms with Crippen molar-refractivity contribution < 1.29 is 0 Å². The molecule has 0 amide bonds. The molecule has 0 aliphatic carbocycles. The molecule has 1 heterocycles. The fraction of sp³-hybridized carbons (Fsp3) is 0.650. The van der Waals surface area contributed by atoms with Gasteiger partial charge in [0.1, 0.15) is 0 Å². The number of aliphatic imine (C=N–C) groups is 1. The number of aryl methyl sites for hydroxylation is 2. The van der Waals surface area contributed by atoms with Crippen molar-refractivity contribution in [1.29, 1.82) is 0 Å². The van der Waals surface area contributed by atoms with Gasteiger partial charge in [0.2, 0.25) is 0 Å². The highest BCUT2D eigenvalue weighted by Crippen LogP contribution is 2.11. The molecule has 1 aromatic rings. The van der Waals surface area contributed by atoms with Crippen LogP contribution in [0.25, 0.3) is 0 Å². The van der Waals surface area contributed by atoms with Gasteiger partial charge in [0, 0.05) is 45.3 Å². The summed E-state index contributed by atoms with van der Waals surface area (Å²) in [5.41, 5.74) is 3.90. The van der Waals surface area contributed by atoms with Gasteiger partial charge in [-0.05, 0) is 45.9 Å². The van der Waals surface area contributed by atoms with E-state index in [4.69, 9.17) is 4.99 Å². The lowest BCUT2D eigenvalue weighted by Gasteiger charge is -2.36. The number of nitrogens with zero attached hydrogens (tertiary/aromatic N) is 3. The minimum Gasteiger partial charge on any atom is -0.357 e. The lowest BCUT2D eigenvalue weighted by Crippen LogP contribution is -2.52. The van der Waals surface area contributed by atoms with Crippen molar-refractivity contribution in [2.45, 2.75) is 40.3 Å². The van der Waals surface area contributed by atoms with Gasteiger partial charge in [-0.25, -0.2) is 4.99 Å². The zero-order valence-corrected chi connectivity index (χ0v) is 16.6. The van der Waals surface area contributed by atoms with Gasteiger partial charge >= 0.3 is 0 Å². The first-order valence-electron chi connectivity index (χ1n) is 9.50. The minimum absolute atomic E-state index is 0.513. The lowest BCUT2D eigenvalue weighted by molar-refractivity contribution is 0.120. The van der Waals surface area contributed by atoms with Crippen molar-refractivity contribution >= 4 is 5.96 Å². The molecule has 2 rings (SSSR count). The Kier molecular flexibility index (Phi) is 7.72. The van der Waals surface area contributed by atoms with Crippen LogP contribution in [0.4, 0.5) is 0 Å². The van der Waals surface area contributed by atoms with Crippen LogP contribution >= 0.6 is 0 Å². The summed E-state index contributed by atoms with van der Waals surface area (Å²) < 4.78 is 0. The Morgan fingerprint density at radius 2 is 1.88 bits per heavy atom. The van der Waals surface area contributed by atoms with E-state index in [0.29, 0.717) is 12.6 Å². The highest BCUT2D eigenvalue weighted by Gasteiger charge is 2.19. The molecular weight excluding hydrogens is 310 g/mol. The fourth-order valence-corrected chi connectivity index (χ4v) is 3.17. The average molecular weight is 346 g/mol. The molecule has 0 bridgehead atoms. The molecule has 0 saturated carbocycles. The molecule has 1 aromatic carbocycles. The van der Waals surface area contributed by atoms with Gasteiger partial charge in [0.05, 0.1) is 6.54 Å². The zero-order valence-electron chi connectivity index (χ0n) is 16.6. The number of likely N-dealkylation sites (N-methyl/N-ethyl adjacent to an activating group) is 1. The van der Waals surface area contributed by atoms with Gasteiger partial charge in [-0.3, -0.25) is 4.90 Å². The van der Waals surface area contributed by atoms with Crippen LogP contribution in [0.5, 0.6) is 0 Å². The smallest absolute Gasteiger partial charge is 0.191 e. The van der Waals surface area contributed by atoms with Gasteiger partial charge in [-0.2, -0.15) is 0 Å². The predicted octanol–water partition coefficient (Wildman–Crippen LogP) is 1.99. The summed E-state index contributed by atoms with van der Waals surface area (Å²) in [5, 5.41) is 6.87. The Bertz CT molecular complexity index is 561. The number of hydrogen-bond acceptors (Lipinski definition) is 3. The molecule has 25 heavy (non-hydrogen) atoms. The van der Waals surface area contributed by atoms with Crippen molar-refractivity contribution in [2.75, 3.05) is 46.3 Å². The van der Waals surface area contributed by atoms with E-state index in [2.05, 4.69) is 73.4 Å². The third kappa shape index (κ3) is 6.33. The highest BCUT2D eigenvalue weighted by atomic mass is 15.3. The maximum absolute atomic E-state index is 4.77. The molecule has 2 N–H and O–H groups in total. The van der Waals surface area contributed by atoms with Crippen LogP contribution in [-0.4, -0.2) is 68.1 Å². The zero-order chi connectivity index (χ0) is 18.2. The molecular formula is C20H35N5. The lowest BCUT2D eigenvalue weighted by atomic mass is 10.1. The van der Waals surface area contributed by atoms with Crippen LogP contribution < -0.4 is 10.6 Å². The molecule has 0 spiro atoms. The third-order valence-electron chi connectivity index (χ3n) is 4.98. The van der Waals surface area contributed by atoms with Crippen LogP contribution in [-0.2, 0) is 6.54 Å². The second kappa shape index (κ2) is 9.78. The molecule has 1 fully saturated rings. The Morgan fingerprint density at radius 1 is 1.16 bits per heavy atom. The first-order valence-corrected chi connectivity index (χ1v) is 9.50. The molecule has 1 aliphatic rings. The second-order valence-corrected chi connectivity index (χ2v) is 7.19. The van der Waals surface area contributed by atoms with Gasteiger partial charge in [0.15, 0.2) is 5.96 Å². The van der Waals surface area contributed by atoms with Gasteiger partial charge in [0.25, 0.3) is 0 Å². The van der Waals surface area contributed by atoms with Crippen LogP contribution in [0, 0.1) is 13.8 Å². The molecule has 0 radical (unpaired) electrons. The summed E-state index contributed by atoms with van der Waals surface area (Å²) in [4.78, 5) is 9.72. The summed E-state index contributed by atoms with van der Waals surface area (Å²) in [6.07, 6.45) is 0. The molecule has 1 saturated heterocycles. The first-order chi connectivity index (χ1) is 12.0. The van der Waals surface area contributed by atoms with Crippen LogP contribution in [0.3, 0.4) is 0 Å². The number of rotatable bonds is 6. The van der Waals surface area contributed by atoms with Crippen molar-refractivity contribution in [3.63, 3.8) is 0 Å². The van der Waals surface area contributed by atoms with E-state index in [9.17, 15) is 0 Å². The summed E-state index contributed by atoms with van der Waals surface area (Å²) in [7, 11) is 2.20. The monoisotopic (exact) mass is 345 g/mol. The quantitative estimate of drug-likeness (QED) is 0.611. The molecule has 1 unspecified atom stereocenters. The first kappa shape index (κ1) is 19.7. The van der Waals surface area contributed by atoms with Crippen LogP contribution in [0.1, 0.15) is 30.5 Å². The number of guanidine groups is 1. The summed E-state index contributed by atoms with van der Waals surface area (Å²) >= 11 is 0. The number of nitrogens with one attached hydrogen (secondary N) is 2.